The fourth-order valence-electron chi connectivity index (χ4n) is 2.72. The average molecular weight is 384 g/mol. The summed E-state index contributed by atoms with van der Waals surface area (Å²) >= 11 is 6.18. The Morgan fingerprint density at radius 1 is 1.00 bits per heavy atom. The van der Waals surface area contributed by atoms with Crippen molar-refractivity contribution >= 4 is 40.3 Å². The number of ether oxygens (including phenoxy) is 2. The molecule has 7 nitrogen and oxygen atoms in total. The van der Waals surface area contributed by atoms with Crippen LogP contribution in [0, 0.1) is 6.92 Å². The lowest BCUT2D eigenvalue weighted by Gasteiger charge is -2.19. The van der Waals surface area contributed by atoms with Crippen molar-refractivity contribution in [3.63, 3.8) is 0 Å². The first-order valence-electron chi connectivity index (χ1n) is 8.41. The molecule has 0 radical (unpaired) electrons. The number of nitrogens with zero attached hydrogens (tertiary/aromatic N) is 2. The summed E-state index contributed by atoms with van der Waals surface area (Å²) in [7, 11) is 0. The lowest BCUT2D eigenvalue weighted by atomic mass is 10.2. The number of nitrogens with two attached hydrogens (primary N) is 1. The van der Waals surface area contributed by atoms with Crippen molar-refractivity contribution in [1.82, 2.24) is 9.97 Å². The molecule has 0 saturated heterocycles. The predicted molar refractivity (Wildman–Crippen MR) is 107 cm³/mol. The molecule has 1 aromatic heterocycles. The van der Waals surface area contributed by atoms with Gasteiger partial charge >= 0.3 is 0 Å². The fourth-order valence-corrected chi connectivity index (χ4v) is 2.90. The number of rotatable bonds is 4. The fraction of sp³-hybridized carbons (Fsp3) is 0.158. The second-order valence-corrected chi connectivity index (χ2v) is 6.41. The number of anilines is 5. The van der Waals surface area contributed by atoms with Crippen LogP contribution in [0.5, 0.6) is 11.5 Å². The molecule has 0 unspecified atom stereocenters. The monoisotopic (exact) mass is 383 g/mol. The summed E-state index contributed by atoms with van der Waals surface area (Å²) in [6, 6.07) is 11.2. The number of halogens is 1. The van der Waals surface area contributed by atoms with Crippen molar-refractivity contribution in [2.75, 3.05) is 29.6 Å². The zero-order valence-electron chi connectivity index (χ0n) is 14.6. The molecule has 2 heterocycles. The number of fused-ring (bicyclic) bond motifs is 1. The van der Waals surface area contributed by atoms with Gasteiger partial charge in [0.25, 0.3) is 0 Å². The van der Waals surface area contributed by atoms with Gasteiger partial charge < -0.3 is 25.8 Å². The van der Waals surface area contributed by atoms with E-state index in [0.29, 0.717) is 41.3 Å². The van der Waals surface area contributed by atoms with E-state index in [9.17, 15) is 0 Å². The van der Waals surface area contributed by atoms with Gasteiger partial charge in [0, 0.05) is 22.5 Å². The summed E-state index contributed by atoms with van der Waals surface area (Å²) in [5, 5.41) is 7.08. The number of benzene rings is 2. The summed E-state index contributed by atoms with van der Waals surface area (Å²) < 4.78 is 11.1. The third kappa shape index (κ3) is 3.54. The van der Waals surface area contributed by atoms with Gasteiger partial charge in [0.1, 0.15) is 25.2 Å². The molecular weight excluding hydrogens is 366 g/mol. The molecule has 0 saturated carbocycles. The van der Waals surface area contributed by atoms with Crippen LogP contribution < -0.4 is 25.8 Å². The molecule has 138 valence electrons. The van der Waals surface area contributed by atoms with E-state index in [2.05, 4.69) is 20.6 Å². The Labute approximate surface area is 161 Å². The summed E-state index contributed by atoms with van der Waals surface area (Å²) in [6.07, 6.45) is 1.44. The largest absolute Gasteiger partial charge is 0.486 e. The van der Waals surface area contributed by atoms with Gasteiger partial charge in [0.05, 0.1) is 0 Å². The second kappa shape index (κ2) is 7.20. The average Bonchev–Trinajstić information content (AvgIpc) is 2.68. The van der Waals surface area contributed by atoms with E-state index in [-0.39, 0.29) is 0 Å². The Bertz CT molecular complexity index is 996. The molecule has 8 heteroatoms. The minimum Gasteiger partial charge on any atom is -0.486 e. The number of hydrogen-bond donors (Lipinski definition) is 3. The van der Waals surface area contributed by atoms with Crippen LogP contribution in [-0.4, -0.2) is 23.2 Å². The van der Waals surface area contributed by atoms with E-state index in [0.717, 1.165) is 22.7 Å². The number of hydrogen-bond acceptors (Lipinski definition) is 7. The minimum atomic E-state index is 0.395. The van der Waals surface area contributed by atoms with Crippen molar-refractivity contribution in [2.45, 2.75) is 6.92 Å². The molecule has 0 bridgehead atoms. The zero-order chi connectivity index (χ0) is 18.8. The Kier molecular flexibility index (Phi) is 4.60. The van der Waals surface area contributed by atoms with E-state index >= 15 is 0 Å². The lowest BCUT2D eigenvalue weighted by molar-refractivity contribution is 0.171. The third-order valence-electron chi connectivity index (χ3n) is 4.21. The Hall–Kier alpha value is -3.19. The van der Waals surface area contributed by atoms with Crippen molar-refractivity contribution in [3.8, 4) is 11.5 Å². The van der Waals surface area contributed by atoms with Crippen molar-refractivity contribution in [2.24, 2.45) is 0 Å². The Balaban J connectivity index is 1.59. The number of nitrogen functional groups attached to an aromatic ring is 1. The summed E-state index contributed by atoms with van der Waals surface area (Å²) in [6.45, 7) is 3.01. The number of aromatic nitrogens is 2. The molecule has 0 atom stereocenters. The van der Waals surface area contributed by atoms with Crippen LogP contribution in [0.25, 0.3) is 0 Å². The van der Waals surface area contributed by atoms with Gasteiger partial charge in [0.2, 0.25) is 0 Å². The highest BCUT2D eigenvalue weighted by Gasteiger charge is 2.14. The molecular formula is C19H18ClN5O2. The maximum atomic E-state index is 6.27. The molecule has 0 spiro atoms. The lowest BCUT2D eigenvalue weighted by Crippen LogP contribution is -2.15. The van der Waals surface area contributed by atoms with Crippen molar-refractivity contribution in [1.29, 1.82) is 0 Å². The maximum Gasteiger partial charge on any atom is 0.163 e. The van der Waals surface area contributed by atoms with Crippen LogP contribution in [0.3, 0.4) is 0 Å². The van der Waals surface area contributed by atoms with Gasteiger partial charge in [-0.2, -0.15) is 0 Å². The first-order valence-corrected chi connectivity index (χ1v) is 8.79. The third-order valence-corrected chi connectivity index (χ3v) is 4.62. The van der Waals surface area contributed by atoms with E-state index < -0.39 is 0 Å². The van der Waals surface area contributed by atoms with E-state index in [1.807, 2.05) is 43.3 Å². The van der Waals surface area contributed by atoms with Crippen molar-refractivity contribution in [3.05, 3.63) is 53.3 Å². The molecule has 4 rings (SSSR count). The van der Waals surface area contributed by atoms with E-state index in [4.69, 9.17) is 26.8 Å². The highest BCUT2D eigenvalue weighted by Crippen LogP contribution is 2.35. The molecule has 1 aliphatic rings. The first kappa shape index (κ1) is 17.2. The van der Waals surface area contributed by atoms with Gasteiger partial charge in [-0.25, -0.2) is 9.97 Å². The van der Waals surface area contributed by atoms with Crippen molar-refractivity contribution < 1.29 is 9.47 Å². The normalized spacial score (nSPS) is 12.5. The van der Waals surface area contributed by atoms with E-state index in [1.54, 1.807) is 0 Å². The Morgan fingerprint density at radius 2 is 1.74 bits per heavy atom. The second-order valence-electron chi connectivity index (χ2n) is 6.01. The topological polar surface area (TPSA) is 94.3 Å². The highest BCUT2D eigenvalue weighted by atomic mass is 35.5. The smallest absolute Gasteiger partial charge is 0.163 e. The molecule has 27 heavy (non-hydrogen) atoms. The van der Waals surface area contributed by atoms with Crippen LogP contribution in [0.2, 0.25) is 5.02 Å². The molecule has 0 amide bonds. The molecule has 4 N–H and O–H groups in total. The van der Waals surface area contributed by atoms with Gasteiger partial charge in [-0.15, -0.1) is 0 Å². The van der Waals surface area contributed by atoms with Crippen LogP contribution in [0.1, 0.15) is 5.56 Å². The van der Waals surface area contributed by atoms with E-state index in [1.165, 1.54) is 6.33 Å². The number of nitrogens with one attached hydrogen (secondary N) is 2. The van der Waals surface area contributed by atoms with Gasteiger partial charge in [0.15, 0.2) is 23.1 Å². The summed E-state index contributed by atoms with van der Waals surface area (Å²) in [5.74, 6) is 2.40. The first-order chi connectivity index (χ1) is 13.1. The standard InChI is InChI=1S/C19H18ClN5O2/c1-11-13(20)3-2-4-14(11)25-19-17(21)18(22-10-23-19)24-12-5-6-15-16(9-12)27-8-7-26-15/h2-6,9-10H,7-8,21H2,1H3,(H2,22,23,24,25). The molecule has 1 aliphatic heterocycles. The van der Waals surface area contributed by atoms with Crippen LogP contribution >= 0.6 is 11.6 Å². The van der Waals surface area contributed by atoms with Crippen LogP contribution in [-0.2, 0) is 0 Å². The maximum absolute atomic E-state index is 6.27. The SMILES string of the molecule is Cc1c(Cl)cccc1Nc1ncnc(Nc2ccc3c(c2)OCCO3)c1N. The zero-order valence-corrected chi connectivity index (χ0v) is 15.4. The quantitative estimate of drug-likeness (QED) is 0.619. The van der Waals surface area contributed by atoms with Crippen LogP contribution in [0.4, 0.5) is 28.7 Å². The van der Waals surface area contributed by atoms with Gasteiger partial charge in [-0.05, 0) is 36.8 Å². The summed E-state index contributed by atoms with van der Waals surface area (Å²) in [4.78, 5) is 8.48. The molecule has 2 aromatic carbocycles. The van der Waals surface area contributed by atoms with Gasteiger partial charge in [-0.3, -0.25) is 0 Å². The predicted octanol–water partition coefficient (Wildman–Crippen LogP) is 4.28. The molecule has 0 aliphatic carbocycles. The van der Waals surface area contributed by atoms with Gasteiger partial charge in [-0.1, -0.05) is 17.7 Å². The Morgan fingerprint density at radius 3 is 2.56 bits per heavy atom. The minimum absolute atomic E-state index is 0.395. The summed E-state index contributed by atoms with van der Waals surface area (Å²) in [5.41, 5.74) is 9.19. The van der Waals surface area contributed by atoms with Crippen LogP contribution in [0.15, 0.2) is 42.7 Å². The molecule has 0 fully saturated rings. The highest BCUT2D eigenvalue weighted by molar-refractivity contribution is 6.31. The molecule has 3 aromatic rings.